The normalized spacial score (nSPS) is 10.7. The lowest BCUT2D eigenvalue weighted by atomic mass is 10.1. The molecule has 1 heterocycles. The molecule has 0 fully saturated rings. The van der Waals surface area contributed by atoms with Gasteiger partial charge in [0.1, 0.15) is 10.8 Å². The minimum atomic E-state index is -0.590. The van der Waals surface area contributed by atoms with Crippen LogP contribution in [-0.2, 0) is 16.0 Å². The summed E-state index contributed by atoms with van der Waals surface area (Å²) >= 11 is 1.39. The third-order valence-electron chi connectivity index (χ3n) is 3.36. The van der Waals surface area contributed by atoms with E-state index in [0.717, 1.165) is 21.3 Å². The number of carbonyl (C=O) groups is 2. The Hall–Kier alpha value is -2.80. The summed E-state index contributed by atoms with van der Waals surface area (Å²) in [6, 6.07) is 12.0. The van der Waals surface area contributed by atoms with Gasteiger partial charge in [-0.2, -0.15) is 0 Å². The van der Waals surface area contributed by atoms with Crippen molar-refractivity contribution in [2.24, 2.45) is 5.73 Å². The first-order chi connectivity index (χ1) is 11.5. The molecule has 0 atom stereocenters. The van der Waals surface area contributed by atoms with Crippen LogP contribution in [0.25, 0.3) is 21.3 Å². The maximum atomic E-state index is 13.4. The van der Waals surface area contributed by atoms with Gasteiger partial charge >= 0.3 is 0 Å². The van der Waals surface area contributed by atoms with Crippen molar-refractivity contribution in [2.45, 2.75) is 6.42 Å². The number of halogens is 1. The fourth-order valence-corrected chi connectivity index (χ4v) is 3.29. The number of hydrogen-bond acceptors (Lipinski definition) is 4. The number of nitrogens with two attached hydrogens (primary N) is 1. The van der Waals surface area contributed by atoms with Crippen LogP contribution in [0.5, 0.6) is 0 Å². The van der Waals surface area contributed by atoms with Crippen LogP contribution in [0, 0.1) is 5.82 Å². The SMILES string of the molecule is NC(=O)CNC(=O)Cc1nc2ccc(-c3cccc(F)c3)cc2s1. The number of thiazole rings is 1. The number of primary amides is 1. The summed E-state index contributed by atoms with van der Waals surface area (Å²) in [6.45, 7) is -0.187. The topological polar surface area (TPSA) is 85.1 Å². The minimum Gasteiger partial charge on any atom is -0.368 e. The van der Waals surface area contributed by atoms with Crippen LogP contribution in [0.2, 0.25) is 0 Å². The zero-order valence-corrected chi connectivity index (χ0v) is 13.4. The van der Waals surface area contributed by atoms with E-state index in [1.54, 1.807) is 6.07 Å². The van der Waals surface area contributed by atoms with Gasteiger partial charge in [-0.15, -0.1) is 11.3 Å². The fourth-order valence-electron chi connectivity index (χ4n) is 2.28. The second-order valence-corrected chi connectivity index (χ2v) is 6.34. The van der Waals surface area contributed by atoms with Gasteiger partial charge in [-0.3, -0.25) is 9.59 Å². The first-order valence-electron chi connectivity index (χ1n) is 7.21. The summed E-state index contributed by atoms with van der Waals surface area (Å²) in [4.78, 5) is 26.8. The van der Waals surface area contributed by atoms with Gasteiger partial charge < -0.3 is 11.1 Å². The summed E-state index contributed by atoms with van der Waals surface area (Å²) in [5.41, 5.74) is 7.43. The molecule has 0 aliphatic heterocycles. The number of aromatic nitrogens is 1. The molecule has 3 aromatic rings. The maximum absolute atomic E-state index is 13.4. The van der Waals surface area contributed by atoms with Crippen molar-refractivity contribution in [3.63, 3.8) is 0 Å². The molecule has 3 N–H and O–H groups in total. The first-order valence-corrected chi connectivity index (χ1v) is 8.03. The molecule has 1 aromatic heterocycles. The monoisotopic (exact) mass is 343 g/mol. The Balaban J connectivity index is 1.81. The van der Waals surface area contributed by atoms with Crippen LogP contribution < -0.4 is 11.1 Å². The molecule has 5 nitrogen and oxygen atoms in total. The lowest BCUT2D eigenvalue weighted by molar-refractivity contribution is -0.124. The Bertz CT molecular complexity index is 923. The molecule has 7 heteroatoms. The molecular formula is C17H14FN3O2S. The molecule has 3 rings (SSSR count). The Morgan fingerprint density at radius 2 is 1.96 bits per heavy atom. The first kappa shape index (κ1) is 16.1. The van der Waals surface area contributed by atoms with Crippen molar-refractivity contribution < 1.29 is 14.0 Å². The van der Waals surface area contributed by atoms with E-state index in [2.05, 4.69) is 10.3 Å². The molecule has 24 heavy (non-hydrogen) atoms. The molecule has 0 aliphatic rings. The van der Waals surface area contributed by atoms with Crippen molar-refractivity contribution >= 4 is 33.4 Å². The van der Waals surface area contributed by atoms with Crippen molar-refractivity contribution in [3.05, 3.63) is 53.3 Å². The van der Waals surface area contributed by atoms with E-state index in [1.807, 2.05) is 24.3 Å². The number of rotatable bonds is 5. The van der Waals surface area contributed by atoms with E-state index in [9.17, 15) is 14.0 Å². The van der Waals surface area contributed by atoms with Crippen LogP contribution >= 0.6 is 11.3 Å². The summed E-state index contributed by atoms with van der Waals surface area (Å²) in [7, 11) is 0. The standard InChI is InChI=1S/C17H14FN3O2S/c18-12-3-1-2-10(6-12)11-4-5-13-14(7-11)24-17(21-13)8-16(23)20-9-15(19)22/h1-7H,8-9H2,(H2,19,22)(H,20,23). The maximum Gasteiger partial charge on any atom is 0.236 e. The second kappa shape index (κ2) is 6.76. The van der Waals surface area contributed by atoms with Crippen molar-refractivity contribution in [1.29, 1.82) is 0 Å². The van der Waals surface area contributed by atoms with Crippen LogP contribution in [0.4, 0.5) is 4.39 Å². The van der Waals surface area contributed by atoms with E-state index < -0.39 is 5.91 Å². The number of nitrogens with zero attached hydrogens (tertiary/aromatic N) is 1. The average molecular weight is 343 g/mol. The number of hydrogen-bond donors (Lipinski definition) is 2. The van der Waals surface area contributed by atoms with Gasteiger partial charge in [-0.1, -0.05) is 18.2 Å². The van der Waals surface area contributed by atoms with Gasteiger partial charge in [0.15, 0.2) is 0 Å². The number of fused-ring (bicyclic) bond motifs is 1. The summed E-state index contributed by atoms with van der Waals surface area (Å²) in [5, 5.41) is 3.07. The zero-order valence-electron chi connectivity index (χ0n) is 12.6. The predicted molar refractivity (Wildman–Crippen MR) is 90.9 cm³/mol. The molecular weight excluding hydrogens is 329 g/mol. The van der Waals surface area contributed by atoms with Crippen LogP contribution in [0.15, 0.2) is 42.5 Å². The molecule has 0 radical (unpaired) electrons. The second-order valence-electron chi connectivity index (χ2n) is 5.22. The van der Waals surface area contributed by atoms with Gasteiger partial charge in [0, 0.05) is 0 Å². The van der Waals surface area contributed by atoms with E-state index in [-0.39, 0.29) is 24.7 Å². The lowest BCUT2D eigenvalue weighted by Gasteiger charge is -2.01. The van der Waals surface area contributed by atoms with Gasteiger partial charge in [0.2, 0.25) is 11.8 Å². The molecule has 2 aromatic carbocycles. The summed E-state index contributed by atoms with van der Waals surface area (Å²) in [5.74, 6) is -1.19. The Labute approximate surface area is 141 Å². The van der Waals surface area contributed by atoms with Crippen LogP contribution in [0.3, 0.4) is 0 Å². The number of carbonyl (C=O) groups excluding carboxylic acids is 2. The van der Waals surface area contributed by atoms with Crippen molar-refractivity contribution in [3.8, 4) is 11.1 Å². The summed E-state index contributed by atoms with van der Waals surface area (Å²) < 4.78 is 14.3. The van der Waals surface area contributed by atoms with E-state index >= 15 is 0 Å². The lowest BCUT2D eigenvalue weighted by Crippen LogP contribution is -2.34. The highest BCUT2D eigenvalue weighted by atomic mass is 32.1. The Morgan fingerprint density at radius 3 is 2.71 bits per heavy atom. The van der Waals surface area contributed by atoms with Gasteiger partial charge in [-0.05, 0) is 35.4 Å². The minimum absolute atomic E-state index is 0.0852. The largest absolute Gasteiger partial charge is 0.368 e. The van der Waals surface area contributed by atoms with E-state index in [0.29, 0.717) is 5.01 Å². The van der Waals surface area contributed by atoms with Gasteiger partial charge in [0.05, 0.1) is 23.2 Å². The number of amides is 2. The molecule has 0 saturated carbocycles. The van der Waals surface area contributed by atoms with Crippen molar-refractivity contribution in [1.82, 2.24) is 10.3 Å². The molecule has 2 amide bonds. The number of benzene rings is 2. The average Bonchev–Trinajstić information content (AvgIpc) is 2.94. The van der Waals surface area contributed by atoms with Gasteiger partial charge in [-0.25, -0.2) is 9.37 Å². The predicted octanol–water partition coefficient (Wildman–Crippen LogP) is 2.25. The smallest absolute Gasteiger partial charge is 0.236 e. The third kappa shape index (κ3) is 3.75. The van der Waals surface area contributed by atoms with Gasteiger partial charge in [0.25, 0.3) is 0 Å². The van der Waals surface area contributed by atoms with E-state index in [4.69, 9.17) is 5.73 Å². The van der Waals surface area contributed by atoms with E-state index in [1.165, 1.54) is 23.5 Å². The Kier molecular flexibility index (Phi) is 4.52. The summed E-state index contributed by atoms with van der Waals surface area (Å²) in [6.07, 6.45) is 0.0852. The quantitative estimate of drug-likeness (QED) is 0.745. The van der Waals surface area contributed by atoms with Crippen LogP contribution in [-0.4, -0.2) is 23.3 Å². The molecule has 0 unspecified atom stereocenters. The molecule has 0 spiro atoms. The fraction of sp³-hybridized carbons (Fsp3) is 0.118. The molecule has 0 bridgehead atoms. The molecule has 0 aliphatic carbocycles. The highest BCUT2D eigenvalue weighted by Gasteiger charge is 2.10. The Morgan fingerprint density at radius 1 is 1.17 bits per heavy atom. The highest BCUT2D eigenvalue weighted by Crippen LogP contribution is 2.28. The van der Waals surface area contributed by atoms with Crippen LogP contribution in [0.1, 0.15) is 5.01 Å². The highest BCUT2D eigenvalue weighted by molar-refractivity contribution is 7.18. The number of nitrogens with one attached hydrogen (secondary N) is 1. The molecule has 122 valence electrons. The van der Waals surface area contributed by atoms with Crippen molar-refractivity contribution in [2.75, 3.05) is 6.54 Å². The molecule has 0 saturated heterocycles. The zero-order chi connectivity index (χ0) is 17.1. The third-order valence-corrected chi connectivity index (χ3v) is 4.38.